The van der Waals surface area contributed by atoms with Crippen molar-refractivity contribution in [1.29, 1.82) is 5.26 Å². The zero-order valence-electron chi connectivity index (χ0n) is 8.36. The number of para-hydroxylation sites is 1. The molecule has 0 aliphatic rings. The highest BCUT2D eigenvalue weighted by Crippen LogP contribution is 2.17. The fraction of sp³-hybridized carbons (Fsp3) is 0.250. The average molecular weight is 200 g/mol. The highest BCUT2D eigenvalue weighted by Gasteiger charge is 2.01. The molecule has 0 unspecified atom stereocenters. The first-order chi connectivity index (χ1) is 7.38. The Morgan fingerprint density at radius 1 is 1.40 bits per heavy atom. The molecule has 1 aromatic rings. The van der Waals surface area contributed by atoms with Crippen molar-refractivity contribution in [3.63, 3.8) is 0 Å². The Labute approximate surface area is 89.7 Å². The van der Waals surface area contributed by atoms with Gasteiger partial charge >= 0.3 is 0 Å². The minimum Gasteiger partial charge on any atom is -0.478 e. The molecule has 0 fully saturated rings. The number of hydrogen-bond acceptors (Lipinski definition) is 3. The molecule has 0 atom stereocenters. The standard InChI is InChI=1S/C12H12N2O/c1-2-8-14-10-11-5-3-4-6-12(11)15-9-7-13/h1,3-6,14H,8-10H2. The Kier molecular flexibility index (Phi) is 4.80. The second-order valence-electron chi connectivity index (χ2n) is 2.86. The topological polar surface area (TPSA) is 45.0 Å². The lowest BCUT2D eigenvalue weighted by atomic mass is 10.2. The van der Waals surface area contributed by atoms with E-state index >= 15 is 0 Å². The van der Waals surface area contributed by atoms with Crippen molar-refractivity contribution in [2.45, 2.75) is 6.54 Å². The molecule has 1 rings (SSSR count). The number of benzene rings is 1. The van der Waals surface area contributed by atoms with Crippen molar-refractivity contribution >= 4 is 0 Å². The maximum absolute atomic E-state index is 8.42. The van der Waals surface area contributed by atoms with Crippen LogP contribution in [0.4, 0.5) is 0 Å². The van der Waals surface area contributed by atoms with Crippen LogP contribution in [0.3, 0.4) is 0 Å². The van der Waals surface area contributed by atoms with Crippen LogP contribution < -0.4 is 10.1 Å². The molecule has 0 amide bonds. The second kappa shape index (κ2) is 6.48. The van der Waals surface area contributed by atoms with Crippen LogP contribution in [0.5, 0.6) is 5.75 Å². The van der Waals surface area contributed by atoms with Crippen LogP contribution in [0.15, 0.2) is 24.3 Å². The van der Waals surface area contributed by atoms with Gasteiger partial charge < -0.3 is 10.1 Å². The summed E-state index contributed by atoms with van der Waals surface area (Å²) in [5, 5.41) is 11.5. The van der Waals surface area contributed by atoms with Crippen molar-refractivity contribution in [3.05, 3.63) is 29.8 Å². The lowest BCUT2D eigenvalue weighted by molar-refractivity contribution is 0.363. The van der Waals surface area contributed by atoms with Gasteiger partial charge in [-0.05, 0) is 6.07 Å². The Balaban J connectivity index is 2.61. The summed E-state index contributed by atoms with van der Waals surface area (Å²) in [6.45, 7) is 1.23. The van der Waals surface area contributed by atoms with Gasteiger partial charge in [0.2, 0.25) is 0 Å². The summed E-state index contributed by atoms with van der Waals surface area (Å²) in [4.78, 5) is 0. The van der Waals surface area contributed by atoms with Gasteiger partial charge in [-0.3, -0.25) is 0 Å². The molecule has 0 aliphatic carbocycles. The van der Waals surface area contributed by atoms with E-state index in [-0.39, 0.29) is 6.61 Å². The Hall–Kier alpha value is -1.97. The molecule has 76 valence electrons. The molecule has 3 heteroatoms. The maximum Gasteiger partial charge on any atom is 0.174 e. The lowest BCUT2D eigenvalue weighted by Gasteiger charge is -2.08. The molecule has 1 aromatic carbocycles. The van der Waals surface area contributed by atoms with Crippen LogP contribution in [-0.4, -0.2) is 13.2 Å². The van der Waals surface area contributed by atoms with Gasteiger partial charge in [0, 0.05) is 12.1 Å². The largest absolute Gasteiger partial charge is 0.478 e. The summed E-state index contributed by atoms with van der Waals surface area (Å²) in [6.07, 6.45) is 5.12. The van der Waals surface area contributed by atoms with Gasteiger partial charge in [0.1, 0.15) is 11.8 Å². The molecule has 0 saturated carbocycles. The van der Waals surface area contributed by atoms with Crippen molar-refractivity contribution in [1.82, 2.24) is 5.32 Å². The van der Waals surface area contributed by atoms with Crippen molar-refractivity contribution in [2.24, 2.45) is 0 Å². The quantitative estimate of drug-likeness (QED) is 0.575. The molecule has 0 heterocycles. The van der Waals surface area contributed by atoms with E-state index in [2.05, 4.69) is 11.2 Å². The minimum absolute atomic E-state index is 0.0617. The number of hydrogen-bond donors (Lipinski definition) is 1. The van der Waals surface area contributed by atoms with Crippen molar-refractivity contribution in [3.8, 4) is 24.2 Å². The van der Waals surface area contributed by atoms with E-state index in [1.165, 1.54) is 0 Å². The molecule has 0 bridgehead atoms. The van der Waals surface area contributed by atoms with Gasteiger partial charge in [-0.15, -0.1) is 6.42 Å². The average Bonchev–Trinajstić information content (AvgIpc) is 2.28. The predicted octanol–water partition coefficient (Wildman–Crippen LogP) is 1.31. The van der Waals surface area contributed by atoms with Gasteiger partial charge in [-0.25, -0.2) is 0 Å². The molecule has 15 heavy (non-hydrogen) atoms. The molecule has 3 nitrogen and oxygen atoms in total. The summed E-state index contributed by atoms with van der Waals surface area (Å²) in [5.74, 6) is 3.22. The first-order valence-electron chi connectivity index (χ1n) is 4.60. The summed E-state index contributed by atoms with van der Waals surface area (Å²) >= 11 is 0. The lowest BCUT2D eigenvalue weighted by Crippen LogP contribution is -2.14. The Morgan fingerprint density at radius 3 is 2.93 bits per heavy atom. The van der Waals surface area contributed by atoms with Crippen LogP contribution in [0.1, 0.15) is 5.56 Å². The molecule has 0 spiro atoms. The van der Waals surface area contributed by atoms with E-state index in [9.17, 15) is 0 Å². The maximum atomic E-state index is 8.42. The Morgan fingerprint density at radius 2 is 2.20 bits per heavy atom. The third-order valence-electron chi connectivity index (χ3n) is 1.81. The van der Waals surface area contributed by atoms with E-state index in [4.69, 9.17) is 16.4 Å². The Bertz CT molecular complexity index is 387. The highest BCUT2D eigenvalue weighted by atomic mass is 16.5. The molecule has 0 aromatic heterocycles. The van der Waals surface area contributed by atoms with E-state index in [0.29, 0.717) is 13.1 Å². The van der Waals surface area contributed by atoms with Crippen LogP contribution in [0.2, 0.25) is 0 Å². The van der Waals surface area contributed by atoms with E-state index in [0.717, 1.165) is 11.3 Å². The molecular formula is C12H12N2O. The molecule has 0 radical (unpaired) electrons. The SMILES string of the molecule is C#CCNCc1ccccc1OCC#N. The number of ether oxygens (including phenoxy) is 1. The summed E-state index contributed by atoms with van der Waals surface area (Å²) < 4.78 is 5.26. The number of nitrogens with zero attached hydrogens (tertiary/aromatic N) is 1. The summed E-state index contributed by atoms with van der Waals surface area (Å²) in [6, 6.07) is 9.51. The molecular weight excluding hydrogens is 188 g/mol. The van der Waals surface area contributed by atoms with Crippen LogP contribution >= 0.6 is 0 Å². The minimum atomic E-state index is 0.0617. The van der Waals surface area contributed by atoms with Crippen LogP contribution in [0.25, 0.3) is 0 Å². The number of terminal acetylenes is 1. The number of nitriles is 1. The van der Waals surface area contributed by atoms with Crippen molar-refractivity contribution < 1.29 is 4.74 Å². The van der Waals surface area contributed by atoms with E-state index < -0.39 is 0 Å². The van der Waals surface area contributed by atoms with Gasteiger partial charge in [0.25, 0.3) is 0 Å². The fourth-order valence-electron chi connectivity index (χ4n) is 1.17. The monoisotopic (exact) mass is 200 g/mol. The van der Waals surface area contributed by atoms with Crippen LogP contribution in [-0.2, 0) is 6.54 Å². The van der Waals surface area contributed by atoms with Crippen LogP contribution in [0, 0.1) is 23.7 Å². The first kappa shape index (κ1) is 11.1. The van der Waals surface area contributed by atoms with Crippen molar-refractivity contribution in [2.75, 3.05) is 13.2 Å². The normalized spacial score (nSPS) is 8.93. The molecule has 0 aliphatic heterocycles. The summed E-state index contributed by atoms with van der Waals surface area (Å²) in [7, 11) is 0. The third kappa shape index (κ3) is 3.72. The van der Waals surface area contributed by atoms with Gasteiger partial charge in [-0.1, -0.05) is 24.1 Å². The number of rotatable bonds is 5. The molecule has 1 N–H and O–H groups in total. The predicted molar refractivity (Wildman–Crippen MR) is 58.1 cm³/mol. The van der Waals surface area contributed by atoms with Gasteiger partial charge in [0.15, 0.2) is 6.61 Å². The zero-order chi connectivity index (χ0) is 10.9. The fourth-order valence-corrected chi connectivity index (χ4v) is 1.17. The first-order valence-corrected chi connectivity index (χ1v) is 4.60. The second-order valence-corrected chi connectivity index (χ2v) is 2.86. The zero-order valence-corrected chi connectivity index (χ0v) is 8.36. The summed E-state index contributed by atoms with van der Waals surface area (Å²) in [5.41, 5.74) is 1.00. The van der Waals surface area contributed by atoms with Gasteiger partial charge in [-0.2, -0.15) is 5.26 Å². The number of nitrogens with one attached hydrogen (secondary N) is 1. The van der Waals surface area contributed by atoms with E-state index in [1.807, 2.05) is 30.3 Å². The van der Waals surface area contributed by atoms with E-state index in [1.54, 1.807) is 0 Å². The third-order valence-corrected chi connectivity index (χ3v) is 1.81. The highest BCUT2D eigenvalue weighted by molar-refractivity contribution is 5.33. The smallest absolute Gasteiger partial charge is 0.174 e. The van der Waals surface area contributed by atoms with Gasteiger partial charge in [0.05, 0.1) is 6.54 Å². The molecule has 0 saturated heterocycles.